The van der Waals surface area contributed by atoms with Crippen LogP contribution in [0.1, 0.15) is 58.3 Å². The van der Waals surface area contributed by atoms with Crippen LogP contribution in [0.4, 0.5) is 5.69 Å². The van der Waals surface area contributed by atoms with Gasteiger partial charge >= 0.3 is 7.12 Å². The van der Waals surface area contributed by atoms with E-state index in [0.717, 1.165) is 23.9 Å². The highest BCUT2D eigenvalue weighted by atomic mass is 16.7. The fourth-order valence-electron chi connectivity index (χ4n) is 3.52. The van der Waals surface area contributed by atoms with Gasteiger partial charge in [0.1, 0.15) is 12.1 Å². The average Bonchev–Trinajstić information content (AvgIpc) is 3.01. The molecule has 0 bridgehead atoms. The average molecular weight is 461 g/mol. The Kier molecular flexibility index (Phi) is 9.13. The van der Waals surface area contributed by atoms with Crippen LogP contribution in [0.25, 0.3) is 0 Å². The number of nitrogens with zero attached hydrogens (tertiary/aromatic N) is 2. The molecule has 0 amide bonds. The quantitative estimate of drug-likeness (QED) is 0.169. The van der Waals surface area contributed by atoms with Crippen molar-refractivity contribution < 1.29 is 14.1 Å². The Morgan fingerprint density at radius 1 is 1.21 bits per heavy atom. The Morgan fingerprint density at radius 2 is 1.85 bits per heavy atom. The zero-order valence-electron chi connectivity index (χ0n) is 21.2. The van der Waals surface area contributed by atoms with Crippen molar-refractivity contribution in [1.29, 1.82) is 0 Å². The van der Waals surface area contributed by atoms with E-state index in [2.05, 4.69) is 37.1 Å². The number of aliphatic imine (C=N–C) groups is 2. The molecule has 180 valence electrons. The zero-order chi connectivity index (χ0) is 25.5. The smallest absolute Gasteiger partial charge is 0.399 e. The number of amidine groups is 1. The second-order valence-electron chi connectivity index (χ2n) is 9.18. The number of aldehydes is 1. The monoisotopic (exact) mass is 461 g/mol. The molecule has 1 atom stereocenters. The maximum absolute atomic E-state index is 12.0. The summed E-state index contributed by atoms with van der Waals surface area (Å²) in [6, 6.07) is 5.38. The Labute approximate surface area is 204 Å². The van der Waals surface area contributed by atoms with Crippen molar-refractivity contribution in [3.8, 4) is 0 Å². The molecule has 0 aromatic heterocycles. The van der Waals surface area contributed by atoms with Gasteiger partial charge in [-0.3, -0.25) is 14.8 Å². The molecule has 6 nitrogen and oxygen atoms in total. The molecule has 1 N–H and O–H groups in total. The van der Waals surface area contributed by atoms with Crippen molar-refractivity contribution in [1.82, 2.24) is 0 Å². The molecular weight excluding hydrogens is 425 g/mol. The summed E-state index contributed by atoms with van der Waals surface area (Å²) >= 11 is 0. The first kappa shape index (κ1) is 27.2. The largest absolute Gasteiger partial charge is 0.495 e. The van der Waals surface area contributed by atoms with E-state index in [1.807, 2.05) is 52.8 Å². The summed E-state index contributed by atoms with van der Waals surface area (Å²) in [5, 5.41) is 3.34. The van der Waals surface area contributed by atoms with E-state index in [1.165, 1.54) is 0 Å². The van der Waals surface area contributed by atoms with Crippen molar-refractivity contribution in [3.05, 3.63) is 72.5 Å². The SMILES string of the molecule is C=C/C=C(\C=C)C(CC)N=C(Nc1ccc(B2OC(C)(C)C(C)(C)O2)c(C=O)c1)/C(C)=C\N=C. The number of allylic oxidation sites excluding steroid dienone is 2. The minimum atomic E-state index is -0.623. The summed E-state index contributed by atoms with van der Waals surface area (Å²) in [6.07, 6.45) is 8.63. The molecule has 1 fully saturated rings. The van der Waals surface area contributed by atoms with Crippen molar-refractivity contribution in [3.63, 3.8) is 0 Å². The van der Waals surface area contributed by atoms with Crippen LogP contribution < -0.4 is 10.8 Å². The standard InChI is InChI=1S/C27H36BN3O3/c1-10-13-20(11-2)24(12-3)31-25(19(4)17-29-9)30-22-14-15-23(21(16-22)18-32)28-33-26(5,6)27(7,8)34-28/h10-11,13-18,24H,1-2,9,12H2,3-8H3,(H,30,31)/b19-17-,20-13+. The summed E-state index contributed by atoms with van der Waals surface area (Å²) in [4.78, 5) is 20.8. The van der Waals surface area contributed by atoms with Gasteiger partial charge in [-0.25, -0.2) is 0 Å². The number of rotatable bonds is 10. The third-order valence-corrected chi connectivity index (χ3v) is 6.24. The first-order valence-corrected chi connectivity index (χ1v) is 11.4. The highest BCUT2D eigenvalue weighted by molar-refractivity contribution is 6.63. The van der Waals surface area contributed by atoms with Crippen LogP contribution in [0.3, 0.4) is 0 Å². The molecule has 1 aromatic carbocycles. The van der Waals surface area contributed by atoms with E-state index in [9.17, 15) is 4.79 Å². The van der Waals surface area contributed by atoms with Crippen molar-refractivity contribution in [2.75, 3.05) is 5.32 Å². The van der Waals surface area contributed by atoms with Crippen molar-refractivity contribution in [2.24, 2.45) is 9.98 Å². The van der Waals surface area contributed by atoms with Crippen LogP contribution in [0.5, 0.6) is 0 Å². The zero-order valence-corrected chi connectivity index (χ0v) is 21.2. The maximum Gasteiger partial charge on any atom is 0.495 e. The van der Waals surface area contributed by atoms with Gasteiger partial charge in [0, 0.05) is 23.0 Å². The summed E-state index contributed by atoms with van der Waals surface area (Å²) in [5.41, 5.74) is 2.65. The second-order valence-corrected chi connectivity index (χ2v) is 9.18. The van der Waals surface area contributed by atoms with Gasteiger partial charge in [0.2, 0.25) is 0 Å². The molecule has 1 saturated heterocycles. The van der Waals surface area contributed by atoms with E-state index < -0.39 is 18.3 Å². The summed E-state index contributed by atoms with van der Waals surface area (Å²) in [6.45, 7) is 23.1. The molecule has 1 aromatic rings. The maximum atomic E-state index is 12.0. The molecule has 2 rings (SSSR count). The predicted octanol–water partition coefficient (Wildman–Crippen LogP) is 5.29. The summed E-state index contributed by atoms with van der Waals surface area (Å²) in [5.74, 6) is 0.622. The first-order valence-electron chi connectivity index (χ1n) is 11.4. The van der Waals surface area contributed by atoms with Gasteiger partial charge in [-0.15, -0.1) is 0 Å². The Bertz CT molecular complexity index is 1020. The topological polar surface area (TPSA) is 72.3 Å². The fraction of sp³-hybridized carbons (Fsp3) is 0.370. The predicted molar refractivity (Wildman–Crippen MR) is 144 cm³/mol. The van der Waals surface area contributed by atoms with Gasteiger partial charge in [-0.1, -0.05) is 44.4 Å². The summed E-state index contributed by atoms with van der Waals surface area (Å²) < 4.78 is 12.3. The third kappa shape index (κ3) is 6.10. The van der Waals surface area contributed by atoms with Gasteiger partial charge in [0.15, 0.2) is 0 Å². The second kappa shape index (κ2) is 11.4. The lowest BCUT2D eigenvalue weighted by atomic mass is 9.76. The lowest BCUT2D eigenvalue weighted by molar-refractivity contribution is 0.00578. The molecule has 7 heteroatoms. The lowest BCUT2D eigenvalue weighted by Crippen LogP contribution is -2.41. The highest BCUT2D eigenvalue weighted by Gasteiger charge is 2.52. The Hall–Kier alpha value is -3.03. The number of carbonyl (C=O) groups is 1. The van der Waals surface area contributed by atoms with Gasteiger partial charge in [0.25, 0.3) is 0 Å². The number of hydrogen-bond donors (Lipinski definition) is 1. The third-order valence-electron chi connectivity index (χ3n) is 6.24. The van der Waals surface area contributed by atoms with Crippen LogP contribution in [-0.2, 0) is 9.31 Å². The van der Waals surface area contributed by atoms with Gasteiger partial charge < -0.3 is 14.6 Å². The van der Waals surface area contributed by atoms with E-state index in [0.29, 0.717) is 22.5 Å². The molecule has 1 aliphatic heterocycles. The fourth-order valence-corrected chi connectivity index (χ4v) is 3.52. The summed E-state index contributed by atoms with van der Waals surface area (Å²) in [7, 11) is -0.623. The normalized spacial score (nSPS) is 18.9. The van der Waals surface area contributed by atoms with E-state index in [1.54, 1.807) is 24.4 Å². The van der Waals surface area contributed by atoms with E-state index in [4.69, 9.17) is 14.3 Å². The first-order chi connectivity index (χ1) is 16.0. The minimum absolute atomic E-state index is 0.124. The van der Waals surface area contributed by atoms with Crippen LogP contribution in [0.2, 0.25) is 0 Å². The molecular formula is C27H36BN3O3. The van der Waals surface area contributed by atoms with E-state index in [-0.39, 0.29) is 6.04 Å². The molecule has 34 heavy (non-hydrogen) atoms. The number of benzene rings is 1. The Morgan fingerprint density at radius 3 is 2.35 bits per heavy atom. The van der Waals surface area contributed by atoms with Crippen LogP contribution in [0.15, 0.2) is 76.9 Å². The molecule has 0 radical (unpaired) electrons. The lowest BCUT2D eigenvalue weighted by Gasteiger charge is -2.32. The Balaban J connectivity index is 2.44. The van der Waals surface area contributed by atoms with Crippen molar-refractivity contribution >= 4 is 37.1 Å². The molecule has 1 unspecified atom stereocenters. The molecule has 1 heterocycles. The van der Waals surface area contributed by atoms with Gasteiger partial charge in [0.05, 0.1) is 17.2 Å². The molecule has 0 aliphatic carbocycles. The van der Waals surface area contributed by atoms with Gasteiger partial charge in [-0.2, -0.15) is 0 Å². The van der Waals surface area contributed by atoms with E-state index >= 15 is 0 Å². The molecule has 1 aliphatic rings. The number of hydrogen-bond acceptors (Lipinski definition) is 5. The van der Waals surface area contributed by atoms with Crippen LogP contribution in [0, 0.1) is 0 Å². The minimum Gasteiger partial charge on any atom is -0.399 e. The van der Waals surface area contributed by atoms with Crippen LogP contribution in [-0.4, -0.2) is 43.2 Å². The highest BCUT2D eigenvalue weighted by Crippen LogP contribution is 2.36. The number of carbonyl (C=O) groups excluding carboxylic acids is 1. The molecule has 0 spiro atoms. The molecule has 0 saturated carbocycles. The number of anilines is 1. The van der Waals surface area contributed by atoms with Crippen molar-refractivity contribution in [2.45, 2.75) is 65.2 Å². The van der Waals surface area contributed by atoms with Gasteiger partial charge in [-0.05, 0) is 70.9 Å². The van der Waals surface area contributed by atoms with Crippen LogP contribution >= 0.6 is 0 Å². The number of nitrogens with one attached hydrogen (secondary N) is 1.